The van der Waals surface area contributed by atoms with Crippen molar-refractivity contribution in [2.75, 3.05) is 0 Å². The molecule has 0 unspecified atom stereocenters. The predicted molar refractivity (Wildman–Crippen MR) is 76.3 cm³/mol. The van der Waals surface area contributed by atoms with Gasteiger partial charge in [-0.15, -0.1) is 0 Å². The van der Waals surface area contributed by atoms with Crippen molar-refractivity contribution >= 4 is 27.6 Å². The highest BCUT2D eigenvalue weighted by atomic mass is 79.9. The Hall–Kier alpha value is -2.48. The molecule has 2 aromatic rings. The van der Waals surface area contributed by atoms with Crippen molar-refractivity contribution in [3.05, 3.63) is 62.2 Å². The Morgan fingerprint density at radius 3 is 2.76 bits per heavy atom. The topological polar surface area (TPSA) is 103 Å². The summed E-state index contributed by atoms with van der Waals surface area (Å²) in [5.41, 5.74) is 0.0704. The van der Waals surface area contributed by atoms with Gasteiger partial charge in [-0.3, -0.25) is 10.1 Å². The Bertz CT molecular complexity index is 705. The smallest absolute Gasteiger partial charge is 0.354 e. The van der Waals surface area contributed by atoms with Crippen LogP contribution in [0.15, 0.2) is 40.9 Å². The van der Waals surface area contributed by atoms with E-state index in [1.807, 2.05) is 6.07 Å². The molecule has 0 spiro atoms. The molecule has 0 atom stereocenters. The fourth-order valence-electron chi connectivity index (χ4n) is 1.58. The second-order valence-electron chi connectivity index (χ2n) is 4.00. The van der Waals surface area contributed by atoms with Gasteiger partial charge in [-0.1, -0.05) is 28.1 Å². The molecule has 0 aliphatic carbocycles. The van der Waals surface area contributed by atoms with Gasteiger partial charge in [0.15, 0.2) is 5.69 Å². The highest BCUT2D eigenvalue weighted by Gasteiger charge is 2.20. The van der Waals surface area contributed by atoms with Crippen LogP contribution < -0.4 is 4.74 Å². The first-order valence-electron chi connectivity index (χ1n) is 5.73. The summed E-state index contributed by atoms with van der Waals surface area (Å²) >= 11 is 3.30. The molecule has 8 heteroatoms. The maximum atomic E-state index is 10.9. The third kappa shape index (κ3) is 3.76. The Morgan fingerprint density at radius 2 is 2.14 bits per heavy atom. The SMILES string of the molecule is O=C(O)c1ccc([N+](=O)[O-])c(OCc2cccc(Br)c2)n1. The van der Waals surface area contributed by atoms with Crippen molar-refractivity contribution in [3.8, 4) is 5.88 Å². The highest BCUT2D eigenvalue weighted by molar-refractivity contribution is 9.10. The third-order valence-corrected chi connectivity index (χ3v) is 3.01. The van der Waals surface area contributed by atoms with E-state index in [1.165, 1.54) is 0 Å². The first kappa shape index (κ1) is 14.9. The molecule has 1 heterocycles. The molecular formula is C13H9BrN2O5. The van der Waals surface area contributed by atoms with Crippen LogP contribution in [0.2, 0.25) is 0 Å². The molecule has 0 bridgehead atoms. The number of rotatable bonds is 5. The summed E-state index contributed by atoms with van der Waals surface area (Å²) in [5, 5.41) is 19.8. The molecule has 1 N–H and O–H groups in total. The Labute approximate surface area is 127 Å². The Kier molecular flexibility index (Phi) is 4.49. The lowest BCUT2D eigenvalue weighted by Gasteiger charge is -2.07. The lowest BCUT2D eigenvalue weighted by atomic mass is 10.2. The molecule has 0 saturated heterocycles. The number of carboxylic acids is 1. The van der Waals surface area contributed by atoms with Crippen LogP contribution in [0.3, 0.4) is 0 Å². The second kappa shape index (κ2) is 6.31. The van der Waals surface area contributed by atoms with E-state index in [-0.39, 0.29) is 23.9 Å². The van der Waals surface area contributed by atoms with E-state index in [2.05, 4.69) is 20.9 Å². The van der Waals surface area contributed by atoms with E-state index in [0.717, 1.165) is 22.2 Å². The van der Waals surface area contributed by atoms with Gasteiger partial charge in [-0.25, -0.2) is 9.78 Å². The zero-order chi connectivity index (χ0) is 15.4. The first-order chi connectivity index (χ1) is 9.97. The number of carboxylic acid groups (broad SMARTS) is 1. The molecule has 0 aliphatic rings. The van der Waals surface area contributed by atoms with Crippen molar-refractivity contribution in [2.45, 2.75) is 6.61 Å². The number of aromatic carboxylic acids is 1. The molecule has 0 radical (unpaired) electrons. The zero-order valence-electron chi connectivity index (χ0n) is 10.5. The van der Waals surface area contributed by atoms with E-state index >= 15 is 0 Å². The highest BCUT2D eigenvalue weighted by Crippen LogP contribution is 2.25. The van der Waals surface area contributed by atoms with Crippen LogP contribution in [0.4, 0.5) is 5.69 Å². The Balaban J connectivity index is 2.26. The van der Waals surface area contributed by atoms with Crippen molar-refractivity contribution in [2.24, 2.45) is 0 Å². The van der Waals surface area contributed by atoms with E-state index in [0.29, 0.717) is 0 Å². The minimum absolute atomic E-state index is 0.0380. The average molecular weight is 353 g/mol. The summed E-state index contributed by atoms with van der Waals surface area (Å²) in [6, 6.07) is 9.30. The molecule has 0 fully saturated rings. The van der Waals surface area contributed by atoms with Crippen LogP contribution in [0.25, 0.3) is 0 Å². The van der Waals surface area contributed by atoms with Crippen molar-refractivity contribution < 1.29 is 19.6 Å². The number of halogens is 1. The second-order valence-corrected chi connectivity index (χ2v) is 4.92. The number of benzene rings is 1. The number of nitro groups is 1. The molecule has 108 valence electrons. The molecule has 0 amide bonds. The molecule has 0 aliphatic heterocycles. The number of pyridine rings is 1. The number of hydrogen-bond acceptors (Lipinski definition) is 5. The number of aromatic nitrogens is 1. The molecule has 21 heavy (non-hydrogen) atoms. The minimum atomic E-state index is -1.28. The van der Waals surface area contributed by atoms with E-state index in [1.54, 1.807) is 18.2 Å². The lowest BCUT2D eigenvalue weighted by Crippen LogP contribution is -2.06. The molecular weight excluding hydrogens is 344 g/mol. The minimum Gasteiger partial charge on any atom is -0.477 e. The van der Waals surface area contributed by atoms with Crippen molar-refractivity contribution in [1.29, 1.82) is 0 Å². The number of ether oxygens (including phenoxy) is 1. The third-order valence-electron chi connectivity index (χ3n) is 2.52. The van der Waals surface area contributed by atoms with Crippen molar-refractivity contribution in [3.63, 3.8) is 0 Å². The Morgan fingerprint density at radius 1 is 1.38 bits per heavy atom. The van der Waals surface area contributed by atoms with Gasteiger partial charge in [0, 0.05) is 10.5 Å². The van der Waals surface area contributed by atoms with Gasteiger partial charge in [0.1, 0.15) is 6.61 Å². The van der Waals surface area contributed by atoms with Gasteiger partial charge in [-0.2, -0.15) is 0 Å². The quantitative estimate of drug-likeness (QED) is 0.655. The predicted octanol–water partition coefficient (Wildman–Crippen LogP) is 3.03. The van der Waals surface area contributed by atoms with Crippen LogP contribution in [0.1, 0.15) is 16.1 Å². The fraction of sp³-hybridized carbons (Fsp3) is 0.0769. The monoisotopic (exact) mass is 352 g/mol. The largest absolute Gasteiger partial charge is 0.477 e. The molecule has 0 saturated carbocycles. The number of carbonyl (C=O) groups is 1. The molecule has 1 aromatic heterocycles. The lowest BCUT2D eigenvalue weighted by molar-refractivity contribution is -0.386. The normalized spacial score (nSPS) is 10.1. The van der Waals surface area contributed by atoms with Crippen LogP contribution in [0, 0.1) is 10.1 Å². The average Bonchev–Trinajstić information content (AvgIpc) is 2.44. The zero-order valence-corrected chi connectivity index (χ0v) is 12.1. The van der Waals surface area contributed by atoms with Crippen LogP contribution in [0.5, 0.6) is 5.88 Å². The number of hydrogen-bond donors (Lipinski definition) is 1. The van der Waals surface area contributed by atoms with Gasteiger partial charge in [0.2, 0.25) is 0 Å². The van der Waals surface area contributed by atoms with Gasteiger partial charge in [0.25, 0.3) is 5.88 Å². The van der Waals surface area contributed by atoms with Gasteiger partial charge in [-0.05, 0) is 23.8 Å². The van der Waals surface area contributed by atoms with Crippen LogP contribution in [-0.4, -0.2) is 21.0 Å². The standard InChI is InChI=1S/C13H9BrN2O5/c14-9-3-1-2-8(6-9)7-21-12-11(16(19)20)5-4-10(15-12)13(17)18/h1-6H,7H2,(H,17,18). The number of nitrogens with zero attached hydrogens (tertiary/aromatic N) is 2. The van der Waals surface area contributed by atoms with E-state index in [9.17, 15) is 14.9 Å². The maximum absolute atomic E-state index is 10.9. The summed E-state index contributed by atoms with van der Waals surface area (Å²) in [6.45, 7) is 0.0380. The molecule has 2 rings (SSSR count). The van der Waals surface area contributed by atoms with Crippen LogP contribution in [-0.2, 0) is 6.61 Å². The summed E-state index contributed by atoms with van der Waals surface area (Å²) in [5.74, 6) is -1.60. The summed E-state index contributed by atoms with van der Waals surface area (Å²) in [6.07, 6.45) is 0. The van der Waals surface area contributed by atoms with Gasteiger partial charge >= 0.3 is 11.7 Å². The summed E-state index contributed by atoms with van der Waals surface area (Å²) in [4.78, 5) is 24.7. The maximum Gasteiger partial charge on any atom is 0.354 e. The van der Waals surface area contributed by atoms with Gasteiger partial charge in [0.05, 0.1) is 4.92 Å². The van der Waals surface area contributed by atoms with Crippen LogP contribution >= 0.6 is 15.9 Å². The molecule has 1 aromatic carbocycles. The molecule has 7 nitrogen and oxygen atoms in total. The van der Waals surface area contributed by atoms with Crippen molar-refractivity contribution in [1.82, 2.24) is 4.98 Å². The fourth-order valence-corrected chi connectivity index (χ4v) is 2.02. The van der Waals surface area contributed by atoms with Gasteiger partial charge < -0.3 is 9.84 Å². The summed E-state index contributed by atoms with van der Waals surface area (Å²) < 4.78 is 6.13. The van der Waals surface area contributed by atoms with E-state index < -0.39 is 10.9 Å². The van der Waals surface area contributed by atoms with E-state index in [4.69, 9.17) is 9.84 Å². The summed E-state index contributed by atoms with van der Waals surface area (Å²) in [7, 11) is 0. The first-order valence-corrected chi connectivity index (χ1v) is 6.52.